The van der Waals surface area contributed by atoms with E-state index in [0.717, 1.165) is 11.6 Å². The Morgan fingerprint density at radius 3 is 1.95 bits per heavy atom. The van der Waals surface area contributed by atoms with E-state index in [1.165, 1.54) is 12.1 Å². The molecule has 0 N–H and O–H groups in total. The van der Waals surface area contributed by atoms with Crippen LogP contribution in [0.2, 0.25) is 18.1 Å². The summed E-state index contributed by atoms with van der Waals surface area (Å²) < 4.78 is 41.5. The van der Waals surface area contributed by atoms with Gasteiger partial charge in [0.25, 0.3) is 0 Å². The molecule has 0 aromatic heterocycles. The van der Waals surface area contributed by atoms with Crippen molar-refractivity contribution in [1.29, 1.82) is 0 Å². The van der Waals surface area contributed by atoms with E-state index in [9.17, 15) is 13.2 Å². The van der Waals surface area contributed by atoms with Crippen molar-refractivity contribution in [2.45, 2.75) is 58.1 Å². The zero-order chi connectivity index (χ0) is 17.3. The fourth-order valence-electron chi connectivity index (χ4n) is 1.65. The van der Waals surface area contributed by atoms with E-state index in [0.29, 0.717) is 5.56 Å². The highest BCUT2D eigenvalue weighted by molar-refractivity contribution is 6.74. The first kappa shape index (κ1) is 18.8. The van der Waals surface area contributed by atoms with Crippen molar-refractivity contribution >= 4 is 8.32 Å². The number of halogens is 3. The van der Waals surface area contributed by atoms with Gasteiger partial charge in [-0.05, 0) is 48.3 Å². The van der Waals surface area contributed by atoms with Gasteiger partial charge in [0.15, 0.2) is 8.32 Å². The number of alkyl halides is 3. The Kier molecular flexibility index (Phi) is 5.21. The fraction of sp³-hybridized carbons (Fsp3) is 0.529. The quantitative estimate of drug-likeness (QED) is 0.506. The summed E-state index contributed by atoms with van der Waals surface area (Å²) in [6, 6.07) is 4.13. The van der Waals surface area contributed by atoms with Gasteiger partial charge in [-0.3, -0.25) is 0 Å². The minimum Gasteiger partial charge on any atom is -0.404 e. The molecule has 0 aliphatic heterocycles. The Labute approximate surface area is 132 Å². The second-order valence-corrected chi connectivity index (χ2v) is 11.7. The van der Waals surface area contributed by atoms with Crippen LogP contribution in [0.1, 0.15) is 33.3 Å². The van der Waals surface area contributed by atoms with Gasteiger partial charge in [0.05, 0.1) is 5.56 Å². The molecule has 0 fully saturated rings. The minimum absolute atomic E-state index is 0.0501. The highest BCUT2D eigenvalue weighted by atomic mass is 28.4. The predicted molar refractivity (Wildman–Crippen MR) is 87.0 cm³/mol. The molecule has 0 radical (unpaired) electrons. The maximum absolute atomic E-state index is 11.9. The first-order valence-electron chi connectivity index (χ1n) is 7.15. The van der Waals surface area contributed by atoms with Crippen LogP contribution >= 0.6 is 0 Å². The fourth-order valence-corrected chi connectivity index (χ4v) is 2.96. The second-order valence-electron chi connectivity index (χ2n) is 6.95. The van der Waals surface area contributed by atoms with E-state index in [4.69, 9.17) is 10.8 Å². The molecule has 0 aromatic rings. The molecule has 2 aliphatic carbocycles. The van der Waals surface area contributed by atoms with E-state index < -0.39 is 20.1 Å². The normalized spacial score (nSPS) is 14.5. The minimum atomic E-state index is -4.17. The third-order valence-corrected chi connectivity index (χ3v) is 8.62. The Balaban J connectivity index is 0.000000222. The molecule has 2 rings (SSSR count). The maximum atomic E-state index is 11.9. The van der Waals surface area contributed by atoms with Crippen molar-refractivity contribution in [2.24, 2.45) is 0 Å². The number of hydrogen-bond acceptors (Lipinski definition) is 1. The van der Waals surface area contributed by atoms with Crippen LogP contribution in [-0.2, 0) is 10.6 Å². The molecule has 1 unspecified atom stereocenters. The zero-order valence-electron chi connectivity index (χ0n) is 13.9. The standard InChI is InChI=1S/C10H20OSi.C7H3F3/c1-8-9(2)11-12(6,7)10(3,4)5;8-7(9,10)6-2-1-4-3-5(4)6/h1,9H,2-7H3;1-3H. The monoisotopic (exact) mass is 328 g/mol. The summed E-state index contributed by atoms with van der Waals surface area (Å²) in [7, 11) is -1.63. The van der Waals surface area contributed by atoms with Crippen molar-refractivity contribution in [3.05, 3.63) is 23.8 Å². The molecule has 5 heteroatoms. The van der Waals surface area contributed by atoms with Crippen LogP contribution in [-0.4, -0.2) is 14.4 Å². The van der Waals surface area contributed by atoms with Gasteiger partial charge in [0, 0.05) is 0 Å². The molecular formula is C17H23F3OSi. The topological polar surface area (TPSA) is 9.23 Å². The number of hydrogen-bond donors (Lipinski definition) is 0. The van der Waals surface area contributed by atoms with Crippen LogP contribution in [0.4, 0.5) is 13.2 Å². The summed E-state index contributed by atoms with van der Waals surface area (Å²) in [5.74, 6) is 2.61. The van der Waals surface area contributed by atoms with E-state index in [2.05, 4.69) is 39.8 Å². The van der Waals surface area contributed by atoms with Crippen molar-refractivity contribution in [3.8, 4) is 23.5 Å². The Bertz CT molecular complexity index is 577. The lowest BCUT2D eigenvalue weighted by atomic mass is 10.2. The van der Waals surface area contributed by atoms with Crippen molar-refractivity contribution < 1.29 is 17.6 Å². The molecule has 0 spiro atoms. The van der Waals surface area contributed by atoms with Crippen molar-refractivity contribution in [1.82, 2.24) is 0 Å². The molecule has 22 heavy (non-hydrogen) atoms. The third kappa shape index (κ3) is 4.62. The predicted octanol–water partition coefficient (Wildman–Crippen LogP) is 5.72. The van der Waals surface area contributed by atoms with Crippen LogP contribution in [0.15, 0.2) is 18.2 Å². The molecule has 0 saturated heterocycles. The Hall–Kier alpha value is -1.25. The van der Waals surface area contributed by atoms with Crippen LogP contribution in [0.3, 0.4) is 0 Å². The SMILES string of the molecule is C#CC(C)O[Si](C)(C)C(C)(C)C.FC(F)(F)c1ccc2cc1-2. The van der Waals surface area contributed by atoms with Crippen molar-refractivity contribution in [3.63, 3.8) is 0 Å². The lowest BCUT2D eigenvalue weighted by Crippen LogP contribution is -2.42. The highest BCUT2D eigenvalue weighted by Gasteiger charge is 2.38. The number of terminal acetylenes is 1. The molecular weight excluding hydrogens is 305 g/mol. The van der Waals surface area contributed by atoms with E-state index in [-0.39, 0.29) is 11.1 Å². The molecule has 122 valence electrons. The van der Waals surface area contributed by atoms with Crippen molar-refractivity contribution in [2.75, 3.05) is 0 Å². The van der Waals surface area contributed by atoms with Gasteiger partial charge in [0.2, 0.25) is 0 Å². The van der Waals surface area contributed by atoms with Gasteiger partial charge in [-0.25, -0.2) is 0 Å². The highest BCUT2D eigenvalue weighted by Crippen LogP contribution is 2.45. The molecule has 0 saturated carbocycles. The number of fused-ring (bicyclic) bond motifs is 1. The van der Waals surface area contributed by atoms with Crippen LogP contribution in [0, 0.1) is 12.3 Å². The summed E-state index contributed by atoms with van der Waals surface area (Å²) in [4.78, 5) is 0. The molecule has 0 aromatic carbocycles. The first-order valence-corrected chi connectivity index (χ1v) is 10.1. The lowest BCUT2D eigenvalue weighted by molar-refractivity contribution is -0.136. The maximum Gasteiger partial charge on any atom is 0.417 e. The van der Waals surface area contributed by atoms with Gasteiger partial charge in [-0.1, -0.05) is 32.8 Å². The Morgan fingerprint density at radius 1 is 1.18 bits per heavy atom. The van der Waals surface area contributed by atoms with Gasteiger partial charge >= 0.3 is 6.18 Å². The molecule has 1 nitrogen and oxygen atoms in total. The summed E-state index contributed by atoms with van der Waals surface area (Å²) in [5.41, 5.74) is 0.599. The Morgan fingerprint density at radius 2 is 1.73 bits per heavy atom. The lowest BCUT2D eigenvalue weighted by Gasteiger charge is -2.37. The second kappa shape index (κ2) is 6.09. The van der Waals surface area contributed by atoms with E-state index in [1.807, 2.05) is 6.92 Å². The molecule has 0 amide bonds. The number of benzene rings is 1. The van der Waals surface area contributed by atoms with Gasteiger partial charge in [0.1, 0.15) is 6.10 Å². The van der Waals surface area contributed by atoms with Gasteiger partial charge < -0.3 is 4.43 Å². The molecule has 0 bridgehead atoms. The molecule has 2 aliphatic rings. The summed E-state index contributed by atoms with van der Waals surface area (Å²) in [5, 5.41) is 0.248. The summed E-state index contributed by atoms with van der Waals surface area (Å²) >= 11 is 0. The number of rotatable bonds is 2. The van der Waals surface area contributed by atoms with Gasteiger partial charge in [-0.2, -0.15) is 13.2 Å². The summed E-state index contributed by atoms with van der Waals surface area (Å²) in [6.45, 7) is 13.0. The largest absolute Gasteiger partial charge is 0.417 e. The zero-order valence-corrected chi connectivity index (χ0v) is 14.9. The van der Waals surface area contributed by atoms with E-state index in [1.54, 1.807) is 0 Å². The van der Waals surface area contributed by atoms with Crippen LogP contribution < -0.4 is 0 Å². The van der Waals surface area contributed by atoms with Gasteiger partial charge in [-0.15, -0.1) is 6.42 Å². The van der Waals surface area contributed by atoms with E-state index >= 15 is 0 Å². The first-order chi connectivity index (χ1) is 9.79. The average Bonchev–Trinajstić information content (AvgIpc) is 2.96. The molecule has 1 atom stereocenters. The smallest absolute Gasteiger partial charge is 0.404 e. The third-order valence-electron chi connectivity index (χ3n) is 4.06. The molecule has 0 heterocycles. The summed E-state index contributed by atoms with van der Waals surface area (Å²) in [6.07, 6.45) is 1.05. The van der Waals surface area contributed by atoms with Crippen LogP contribution in [0.5, 0.6) is 0 Å². The van der Waals surface area contributed by atoms with Crippen LogP contribution in [0.25, 0.3) is 11.1 Å². The average molecular weight is 328 g/mol.